The topological polar surface area (TPSA) is 59.3 Å². The number of halogens is 2. The normalized spacial score (nSPS) is 11.0. The molecule has 0 heterocycles. The molecule has 6 heteroatoms. The first kappa shape index (κ1) is 19.5. The van der Waals surface area contributed by atoms with Gasteiger partial charge in [0.25, 0.3) is 0 Å². The molecule has 0 radical (unpaired) electrons. The van der Waals surface area contributed by atoms with Crippen LogP contribution < -0.4 is 9.47 Å². The van der Waals surface area contributed by atoms with Crippen LogP contribution >= 0.6 is 11.6 Å². The molecule has 2 aromatic rings. The first-order chi connectivity index (χ1) is 12.5. The number of allylic oxidation sites excluding steroid dienone is 1. The molecule has 0 spiro atoms. The second-order valence-corrected chi connectivity index (χ2v) is 5.80. The predicted octanol–water partition coefficient (Wildman–Crippen LogP) is 5.07. The number of ketones is 1. The van der Waals surface area contributed by atoms with Crippen LogP contribution in [0.5, 0.6) is 11.5 Å². The van der Waals surface area contributed by atoms with Gasteiger partial charge in [-0.1, -0.05) is 18.5 Å². The molecule has 0 saturated carbocycles. The van der Waals surface area contributed by atoms with Gasteiger partial charge < -0.3 is 9.47 Å². The van der Waals surface area contributed by atoms with Crippen LogP contribution in [0.25, 0.3) is 6.08 Å². The molecule has 134 valence electrons. The summed E-state index contributed by atoms with van der Waals surface area (Å²) in [7, 11) is 1.48. The largest absolute Gasteiger partial charge is 0.493 e. The maximum Gasteiger partial charge on any atom is 0.203 e. The molecular weight excluding hydrogens is 357 g/mol. The third kappa shape index (κ3) is 4.62. The number of nitriles is 1. The van der Waals surface area contributed by atoms with E-state index in [9.17, 15) is 14.4 Å². The van der Waals surface area contributed by atoms with Crippen molar-refractivity contribution in [1.82, 2.24) is 0 Å². The Balaban J connectivity index is 2.39. The molecule has 0 unspecified atom stereocenters. The smallest absolute Gasteiger partial charge is 0.203 e. The molecule has 2 aromatic carbocycles. The summed E-state index contributed by atoms with van der Waals surface area (Å²) >= 11 is 6.25. The van der Waals surface area contributed by atoms with E-state index in [1.807, 2.05) is 13.0 Å². The van der Waals surface area contributed by atoms with Gasteiger partial charge in [-0.15, -0.1) is 0 Å². The monoisotopic (exact) mass is 373 g/mol. The third-order valence-corrected chi connectivity index (χ3v) is 3.77. The maximum atomic E-state index is 13.0. The van der Waals surface area contributed by atoms with Crippen LogP contribution in [0.3, 0.4) is 0 Å². The van der Waals surface area contributed by atoms with Gasteiger partial charge in [0.05, 0.1) is 18.7 Å². The molecule has 0 aliphatic rings. The fraction of sp³-hybridized carbons (Fsp3) is 0.200. The predicted molar refractivity (Wildman–Crippen MR) is 98.1 cm³/mol. The Morgan fingerprint density at radius 1 is 1.31 bits per heavy atom. The molecule has 0 aliphatic heterocycles. The zero-order valence-electron chi connectivity index (χ0n) is 14.4. The van der Waals surface area contributed by atoms with Gasteiger partial charge in [0.2, 0.25) is 5.78 Å². The number of nitrogens with zero attached hydrogens (tertiary/aromatic N) is 1. The Hall–Kier alpha value is -2.84. The lowest BCUT2D eigenvalue weighted by atomic mass is 10.0. The Bertz CT molecular complexity index is 870. The highest BCUT2D eigenvalue weighted by molar-refractivity contribution is 6.32. The Kier molecular flexibility index (Phi) is 6.76. The van der Waals surface area contributed by atoms with Crippen molar-refractivity contribution in [1.29, 1.82) is 5.26 Å². The van der Waals surface area contributed by atoms with Crippen LogP contribution in [0.2, 0.25) is 5.02 Å². The molecule has 4 nitrogen and oxygen atoms in total. The molecule has 2 rings (SSSR count). The van der Waals surface area contributed by atoms with Crippen LogP contribution in [0.1, 0.15) is 29.3 Å². The number of rotatable bonds is 7. The summed E-state index contributed by atoms with van der Waals surface area (Å²) < 4.78 is 23.9. The average Bonchev–Trinajstić information content (AvgIpc) is 2.64. The number of carbonyl (C=O) groups is 1. The third-order valence-electron chi connectivity index (χ3n) is 3.48. The van der Waals surface area contributed by atoms with Gasteiger partial charge >= 0.3 is 0 Å². The van der Waals surface area contributed by atoms with Crippen LogP contribution in [0.4, 0.5) is 4.39 Å². The van der Waals surface area contributed by atoms with Gasteiger partial charge in [0.15, 0.2) is 11.5 Å². The number of ether oxygens (including phenoxy) is 2. The van der Waals surface area contributed by atoms with Crippen LogP contribution in [0.15, 0.2) is 42.0 Å². The fourth-order valence-electron chi connectivity index (χ4n) is 2.24. The summed E-state index contributed by atoms with van der Waals surface area (Å²) in [5.41, 5.74) is 0.639. The Morgan fingerprint density at radius 3 is 2.58 bits per heavy atom. The minimum absolute atomic E-state index is 0.100. The van der Waals surface area contributed by atoms with Gasteiger partial charge in [-0.25, -0.2) is 4.39 Å². The highest BCUT2D eigenvalue weighted by Gasteiger charge is 2.15. The second-order valence-electron chi connectivity index (χ2n) is 5.39. The zero-order chi connectivity index (χ0) is 19.1. The van der Waals surface area contributed by atoms with Gasteiger partial charge in [-0.2, -0.15) is 5.26 Å². The molecule has 26 heavy (non-hydrogen) atoms. The molecule has 0 aromatic heterocycles. The lowest BCUT2D eigenvalue weighted by Crippen LogP contribution is -2.02. The van der Waals surface area contributed by atoms with Crippen molar-refractivity contribution >= 4 is 23.5 Å². The second kappa shape index (κ2) is 9.02. The van der Waals surface area contributed by atoms with E-state index in [4.69, 9.17) is 21.1 Å². The zero-order valence-corrected chi connectivity index (χ0v) is 15.1. The van der Waals surface area contributed by atoms with Crippen LogP contribution in [-0.2, 0) is 0 Å². The molecule has 0 amide bonds. The van der Waals surface area contributed by atoms with E-state index in [-0.39, 0.29) is 11.1 Å². The van der Waals surface area contributed by atoms with E-state index in [2.05, 4.69) is 0 Å². The van der Waals surface area contributed by atoms with Crippen molar-refractivity contribution in [3.05, 3.63) is 63.9 Å². The van der Waals surface area contributed by atoms with Crippen LogP contribution in [-0.4, -0.2) is 19.5 Å². The molecule has 0 bridgehead atoms. The lowest BCUT2D eigenvalue weighted by Gasteiger charge is -2.12. The van der Waals surface area contributed by atoms with Gasteiger partial charge in [0.1, 0.15) is 17.5 Å². The van der Waals surface area contributed by atoms with E-state index in [0.29, 0.717) is 28.7 Å². The standard InChI is InChI=1S/C20H17ClFNO3/c1-3-8-26-20-17(21)10-13(11-18(20)25-2)9-15(12-23)19(24)14-4-6-16(22)7-5-14/h4-7,9-11H,3,8H2,1-2H3/b15-9+. The highest BCUT2D eigenvalue weighted by atomic mass is 35.5. The number of methoxy groups -OCH3 is 1. The first-order valence-electron chi connectivity index (χ1n) is 7.92. The van der Waals surface area contributed by atoms with Crippen molar-refractivity contribution in [2.45, 2.75) is 13.3 Å². The van der Waals surface area contributed by atoms with Crippen molar-refractivity contribution < 1.29 is 18.7 Å². The number of benzene rings is 2. The van der Waals surface area contributed by atoms with E-state index in [0.717, 1.165) is 6.42 Å². The molecule has 0 aliphatic carbocycles. The molecular formula is C20H17ClFNO3. The van der Waals surface area contributed by atoms with Gasteiger partial charge in [-0.3, -0.25) is 4.79 Å². The van der Waals surface area contributed by atoms with Crippen molar-refractivity contribution in [3.63, 3.8) is 0 Å². The SMILES string of the molecule is CCCOc1c(Cl)cc(/C=C(\C#N)C(=O)c2ccc(F)cc2)cc1OC. The van der Waals surface area contributed by atoms with Gasteiger partial charge in [-0.05, 0) is 54.5 Å². The van der Waals surface area contributed by atoms with E-state index < -0.39 is 11.6 Å². The number of Topliss-reactive ketones (excluding diaryl/α,β-unsaturated/α-hetero) is 1. The van der Waals surface area contributed by atoms with Crippen molar-refractivity contribution in [2.75, 3.05) is 13.7 Å². The average molecular weight is 374 g/mol. The van der Waals surface area contributed by atoms with E-state index in [1.165, 1.54) is 37.5 Å². The molecule has 0 atom stereocenters. The van der Waals surface area contributed by atoms with Crippen molar-refractivity contribution in [2.24, 2.45) is 0 Å². The quantitative estimate of drug-likeness (QED) is 0.386. The molecule has 0 N–H and O–H groups in total. The summed E-state index contributed by atoms with van der Waals surface area (Å²) in [6, 6.07) is 10.1. The number of hydrogen-bond acceptors (Lipinski definition) is 4. The maximum absolute atomic E-state index is 13.0. The summed E-state index contributed by atoms with van der Waals surface area (Å²) in [6.07, 6.45) is 2.22. The fourth-order valence-corrected chi connectivity index (χ4v) is 2.51. The minimum Gasteiger partial charge on any atom is -0.493 e. The summed E-state index contributed by atoms with van der Waals surface area (Å²) in [6.45, 7) is 2.45. The number of hydrogen-bond donors (Lipinski definition) is 0. The van der Waals surface area contributed by atoms with E-state index >= 15 is 0 Å². The Labute approximate surface area is 156 Å². The minimum atomic E-state index is -0.506. The van der Waals surface area contributed by atoms with Crippen molar-refractivity contribution in [3.8, 4) is 17.6 Å². The summed E-state index contributed by atoms with van der Waals surface area (Å²) in [5, 5.41) is 9.65. The van der Waals surface area contributed by atoms with Crippen LogP contribution in [0, 0.1) is 17.1 Å². The van der Waals surface area contributed by atoms with Gasteiger partial charge in [0, 0.05) is 5.56 Å². The van der Waals surface area contributed by atoms with E-state index in [1.54, 1.807) is 12.1 Å². The summed E-state index contributed by atoms with van der Waals surface area (Å²) in [4.78, 5) is 12.4. The highest BCUT2D eigenvalue weighted by Crippen LogP contribution is 2.37. The summed E-state index contributed by atoms with van der Waals surface area (Å²) in [5.74, 6) is -0.141. The molecule has 0 fully saturated rings. The Morgan fingerprint density at radius 2 is 2.00 bits per heavy atom. The molecule has 0 saturated heterocycles. The lowest BCUT2D eigenvalue weighted by molar-refractivity contribution is 0.104. The number of carbonyl (C=O) groups excluding carboxylic acids is 1. The first-order valence-corrected chi connectivity index (χ1v) is 8.30.